The number of anilines is 3. The molecule has 0 bridgehead atoms. The van der Waals surface area contributed by atoms with E-state index in [1.54, 1.807) is 0 Å². The fourth-order valence-electron chi connectivity index (χ4n) is 3.45. The number of nitrogens with zero attached hydrogens (tertiary/aromatic N) is 3. The number of fused-ring (bicyclic) bond motifs is 1. The van der Waals surface area contributed by atoms with Crippen LogP contribution in [0.2, 0.25) is 0 Å². The summed E-state index contributed by atoms with van der Waals surface area (Å²) in [6.07, 6.45) is 1.03. The third kappa shape index (κ3) is 3.27. The van der Waals surface area contributed by atoms with Crippen molar-refractivity contribution >= 4 is 17.5 Å². The zero-order valence-electron chi connectivity index (χ0n) is 15.6. The van der Waals surface area contributed by atoms with Crippen LogP contribution in [-0.2, 0) is 13.0 Å². The minimum absolute atomic E-state index is 0.798. The van der Waals surface area contributed by atoms with Gasteiger partial charge in [0.15, 0.2) is 0 Å². The van der Waals surface area contributed by atoms with Gasteiger partial charge in [-0.3, -0.25) is 0 Å². The maximum absolute atomic E-state index is 4.80. The van der Waals surface area contributed by atoms with Gasteiger partial charge in [-0.25, -0.2) is 4.98 Å². The lowest BCUT2D eigenvalue weighted by atomic mass is 10.0. The lowest BCUT2D eigenvalue weighted by Crippen LogP contribution is -2.32. The summed E-state index contributed by atoms with van der Waals surface area (Å²) in [6.45, 7) is 8.10. The Morgan fingerprint density at radius 2 is 1.73 bits per heavy atom. The average molecular weight is 344 g/mol. The molecule has 4 nitrogen and oxygen atoms in total. The first-order valence-electron chi connectivity index (χ1n) is 9.11. The van der Waals surface area contributed by atoms with Gasteiger partial charge in [-0.05, 0) is 55.5 Å². The van der Waals surface area contributed by atoms with Crippen molar-refractivity contribution in [1.82, 2.24) is 9.97 Å². The highest BCUT2D eigenvalue weighted by Crippen LogP contribution is 2.26. The largest absolute Gasteiger partial charge is 0.340 e. The van der Waals surface area contributed by atoms with Gasteiger partial charge in [-0.15, -0.1) is 0 Å². The molecule has 26 heavy (non-hydrogen) atoms. The fraction of sp³-hybridized carbons (Fsp3) is 0.273. The molecule has 2 heterocycles. The monoisotopic (exact) mass is 344 g/mol. The molecule has 3 aromatic rings. The number of aryl methyl sites for hydroxylation is 2. The molecule has 1 N–H and O–H groups in total. The molecule has 0 saturated heterocycles. The Bertz CT molecular complexity index is 949. The van der Waals surface area contributed by atoms with Gasteiger partial charge < -0.3 is 10.2 Å². The van der Waals surface area contributed by atoms with Crippen molar-refractivity contribution < 1.29 is 0 Å². The molecule has 132 valence electrons. The summed E-state index contributed by atoms with van der Waals surface area (Å²) in [7, 11) is 0. The SMILES string of the molecule is Cc1cc(Nc2cccc(C)c2C)nc(N2CCc3ccccc3C2)n1. The molecule has 0 radical (unpaired) electrons. The van der Waals surface area contributed by atoms with Gasteiger partial charge >= 0.3 is 0 Å². The van der Waals surface area contributed by atoms with Gasteiger partial charge in [0.2, 0.25) is 5.95 Å². The molecule has 4 heteroatoms. The number of hydrogen-bond donors (Lipinski definition) is 1. The van der Waals surface area contributed by atoms with Crippen LogP contribution in [0.15, 0.2) is 48.5 Å². The number of aromatic nitrogens is 2. The lowest BCUT2D eigenvalue weighted by molar-refractivity contribution is 0.706. The normalized spacial score (nSPS) is 13.4. The Morgan fingerprint density at radius 1 is 0.923 bits per heavy atom. The minimum atomic E-state index is 0.798. The maximum Gasteiger partial charge on any atom is 0.227 e. The van der Waals surface area contributed by atoms with Gasteiger partial charge in [-0.2, -0.15) is 4.98 Å². The Hall–Kier alpha value is -2.88. The van der Waals surface area contributed by atoms with Crippen LogP contribution in [0.5, 0.6) is 0 Å². The molecule has 0 unspecified atom stereocenters. The van der Waals surface area contributed by atoms with Gasteiger partial charge in [-0.1, -0.05) is 36.4 Å². The van der Waals surface area contributed by atoms with Crippen LogP contribution in [-0.4, -0.2) is 16.5 Å². The smallest absolute Gasteiger partial charge is 0.227 e. The second-order valence-electron chi connectivity index (χ2n) is 7.01. The zero-order valence-corrected chi connectivity index (χ0v) is 15.6. The van der Waals surface area contributed by atoms with E-state index in [1.807, 2.05) is 13.0 Å². The van der Waals surface area contributed by atoms with Crippen LogP contribution in [0, 0.1) is 20.8 Å². The van der Waals surface area contributed by atoms with Crippen LogP contribution in [0.25, 0.3) is 0 Å². The molecule has 0 saturated carbocycles. The van der Waals surface area contributed by atoms with E-state index < -0.39 is 0 Å². The molecule has 0 spiro atoms. The first kappa shape index (κ1) is 16.6. The van der Waals surface area contributed by atoms with Crippen molar-refractivity contribution in [3.8, 4) is 0 Å². The maximum atomic E-state index is 4.80. The van der Waals surface area contributed by atoms with Crippen molar-refractivity contribution in [3.63, 3.8) is 0 Å². The summed E-state index contributed by atoms with van der Waals surface area (Å²) in [5.41, 5.74) is 7.39. The molecule has 4 rings (SSSR count). The molecular weight excluding hydrogens is 320 g/mol. The first-order chi connectivity index (χ1) is 12.6. The van der Waals surface area contributed by atoms with E-state index in [2.05, 4.69) is 71.5 Å². The Morgan fingerprint density at radius 3 is 2.58 bits per heavy atom. The van der Waals surface area contributed by atoms with Gasteiger partial charge in [0.1, 0.15) is 5.82 Å². The molecule has 1 aliphatic rings. The fourth-order valence-corrected chi connectivity index (χ4v) is 3.45. The average Bonchev–Trinajstić information content (AvgIpc) is 2.65. The van der Waals surface area contributed by atoms with E-state index in [9.17, 15) is 0 Å². The van der Waals surface area contributed by atoms with Crippen molar-refractivity contribution in [2.45, 2.75) is 33.7 Å². The number of rotatable bonds is 3. The van der Waals surface area contributed by atoms with E-state index in [0.717, 1.165) is 42.7 Å². The van der Waals surface area contributed by atoms with Crippen LogP contribution >= 0.6 is 0 Å². The molecular formula is C22H24N4. The zero-order chi connectivity index (χ0) is 18.1. The van der Waals surface area contributed by atoms with Crippen LogP contribution < -0.4 is 10.2 Å². The predicted molar refractivity (Wildman–Crippen MR) is 107 cm³/mol. The molecule has 0 atom stereocenters. The van der Waals surface area contributed by atoms with Crippen molar-refractivity contribution in [2.75, 3.05) is 16.8 Å². The van der Waals surface area contributed by atoms with Crippen molar-refractivity contribution in [1.29, 1.82) is 0 Å². The number of hydrogen-bond acceptors (Lipinski definition) is 4. The number of nitrogens with one attached hydrogen (secondary N) is 1. The lowest BCUT2D eigenvalue weighted by Gasteiger charge is -2.29. The highest BCUT2D eigenvalue weighted by atomic mass is 15.3. The minimum Gasteiger partial charge on any atom is -0.340 e. The topological polar surface area (TPSA) is 41.1 Å². The summed E-state index contributed by atoms with van der Waals surface area (Å²) in [4.78, 5) is 11.8. The Balaban J connectivity index is 1.62. The van der Waals surface area contributed by atoms with E-state index in [4.69, 9.17) is 4.98 Å². The second-order valence-corrected chi connectivity index (χ2v) is 7.01. The summed E-state index contributed by atoms with van der Waals surface area (Å²) in [6, 6.07) is 16.9. The van der Waals surface area contributed by atoms with E-state index in [1.165, 1.54) is 22.3 Å². The summed E-state index contributed by atoms with van der Waals surface area (Å²) >= 11 is 0. The molecule has 0 amide bonds. The molecule has 1 aliphatic heterocycles. The first-order valence-corrected chi connectivity index (χ1v) is 9.11. The van der Waals surface area contributed by atoms with Crippen LogP contribution in [0.4, 0.5) is 17.5 Å². The van der Waals surface area contributed by atoms with Crippen molar-refractivity contribution in [3.05, 3.63) is 76.5 Å². The van der Waals surface area contributed by atoms with Gasteiger partial charge in [0, 0.05) is 30.5 Å². The molecule has 2 aromatic carbocycles. The number of benzene rings is 2. The van der Waals surface area contributed by atoms with Gasteiger partial charge in [0.25, 0.3) is 0 Å². The molecule has 0 fully saturated rings. The third-order valence-electron chi connectivity index (χ3n) is 5.12. The second kappa shape index (κ2) is 6.79. The Kier molecular flexibility index (Phi) is 4.33. The van der Waals surface area contributed by atoms with E-state index >= 15 is 0 Å². The molecule has 0 aliphatic carbocycles. The van der Waals surface area contributed by atoms with E-state index in [-0.39, 0.29) is 0 Å². The highest BCUT2D eigenvalue weighted by molar-refractivity contribution is 5.63. The third-order valence-corrected chi connectivity index (χ3v) is 5.12. The Labute approximate surface area is 154 Å². The van der Waals surface area contributed by atoms with Gasteiger partial charge in [0.05, 0.1) is 0 Å². The summed E-state index contributed by atoms with van der Waals surface area (Å²) < 4.78 is 0. The van der Waals surface area contributed by atoms with E-state index in [0.29, 0.717) is 0 Å². The van der Waals surface area contributed by atoms with Crippen molar-refractivity contribution in [2.24, 2.45) is 0 Å². The summed E-state index contributed by atoms with van der Waals surface area (Å²) in [5.74, 6) is 1.65. The standard InChI is InChI=1S/C22H24N4/c1-15-7-6-10-20(17(15)3)24-21-13-16(2)23-22(25-21)26-12-11-18-8-4-5-9-19(18)14-26/h4-10,13H,11-12,14H2,1-3H3,(H,23,24,25). The van der Waals surface area contributed by atoms with Crippen LogP contribution in [0.1, 0.15) is 27.9 Å². The molecule has 1 aromatic heterocycles. The van der Waals surface area contributed by atoms with Crippen LogP contribution in [0.3, 0.4) is 0 Å². The summed E-state index contributed by atoms with van der Waals surface area (Å²) in [5, 5.41) is 3.47. The quantitative estimate of drug-likeness (QED) is 0.747. The highest BCUT2D eigenvalue weighted by Gasteiger charge is 2.19. The predicted octanol–water partition coefficient (Wildman–Crippen LogP) is 4.71.